The van der Waals surface area contributed by atoms with E-state index in [0.717, 1.165) is 11.9 Å². The molecule has 8 heteroatoms. The molecule has 1 aromatic heterocycles. The highest BCUT2D eigenvalue weighted by molar-refractivity contribution is 7.92. The number of sulfonamides is 1. The van der Waals surface area contributed by atoms with Crippen molar-refractivity contribution in [3.05, 3.63) is 46.3 Å². The van der Waals surface area contributed by atoms with Crippen LogP contribution in [0.5, 0.6) is 0 Å². The smallest absolute Gasteiger partial charge is 0.262 e. The summed E-state index contributed by atoms with van der Waals surface area (Å²) in [6.07, 6.45) is 1.13. The maximum absolute atomic E-state index is 12.1. The number of benzene rings is 1. The minimum Gasteiger partial charge on any atom is -0.262 e. The second-order valence-electron chi connectivity index (χ2n) is 3.75. The molecule has 2 aromatic rings. The Kier molecular flexibility index (Phi) is 3.93. The van der Waals surface area contributed by atoms with Crippen molar-refractivity contribution < 1.29 is 8.42 Å². The van der Waals surface area contributed by atoms with Crippen molar-refractivity contribution in [1.82, 2.24) is 9.97 Å². The van der Waals surface area contributed by atoms with Gasteiger partial charge >= 0.3 is 0 Å². The number of hydrogen-bond donors (Lipinski definition) is 1. The number of hydrogen-bond acceptors (Lipinski definition) is 4. The van der Waals surface area contributed by atoms with Crippen molar-refractivity contribution >= 4 is 39.0 Å². The van der Waals surface area contributed by atoms with Crippen LogP contribution in [0.2, 0.25) is 10.2 Å². The number of nitrogens with zero attached hydrogens (tertiary/aromatic N) is 2. The van der Waals surface area contributed by atoms with E-state index in [1.54, 1.807) is 25.1 Å². The molecular weight excluding hydrogens is 309 g/mol. The maximum Gasteiger partial charge on any atom is 0.263 e. The van der Waals surface area contributed by atoms with Gasteiger partial charge in [0, 0.05) is 0 Å². The van der Waals surface area contributed by atoms with Gasteiger partial charge in [0.1, 0.15) is 11.3 Å². The minimum atomic E-state index is -3.76. The van der Waals surface area contributed by atoms with Gasteiger partial charge in [0.05, 0.1) is 4.90 Å². The summed E-state index contributed by atoms with van der Waals surface area (Å²) < 4.78 is 26.6. The molecule has 0 saturated carbocycles. The topological polar surface area (TPSA) is 72.0 Å². The molecule has 1 aromatic carbocycles. The first-order valence-electron chi connectivity index (χ1n) is 5.15. The summed E-state index contributed by atoms with van der Waals surface area (Å²) in [4.78, 5) is 7.52. The van der Waals surface area contributed by atoms with Gasteiger partial charge < -0.3 is 0 Å². The van der Waals surface area contributed by atoms with Gasteiger partial charge in [-0.05, 0) is 24.6 Å². The summed E-state index contributed by atoms with van der Waals surface area (Å²) in [6, 6.07) is 6.47. The normalized spacial score (nSPS) is 11.3. The Morgan fingerprint density at radius 1 is 1.21 bits per heavy atom. The summed E-state index contributed by atoms with van der Waals surface area (Å²) in [5, 5.41) is -0.0565. The number of rotatable bonds is 3. The van der Waals surface area contributed by atoms with Gasteiger partial charge in [-0.25, -0.2) is 18.4 Å². The molecule has 0 aliphatic rings. The van der Waals surface area contributed by atoms with Crippen LogP contribution in [0.4, 0.5) is 5.82 Å². The van der Waals surface area contributed by atoms with Crippen LogP contribution >= 0.6 is 23.2 Å². The molecule has 0 unspecified atom stereocenters. The average molecular weight is 318 g/mol. The summed E-state index contributed by atoms with van der Waals surface area (Å²) >= 11 is 11.5. The van der Waals surface area contributed by atoms with E-state index < -0.39 is 10.0 Å². The standard InChI is InChI=1S/C11H9Cl2N3O2S/c1-7-3-2-4-8(5-7)19(17,18)16-11-9(12)10(13)14-6-15-11/h2-6H,1H3,(H,14,15,16). The molecule has 0 saturated heterocycles. The number of halogens is 2. The second-order valence-corrected chi connectivity index (χ2v) is 6.17. The fourth-order valence-corrected chi connectivity index (χ4v) is 2.85. The lowest BCUT2D eigenvalue weighted by molar-refractivity contribution is 0.601. The van der Waals surface area contributed by atoms with Crippen LogP contribution in [-0.2, 0) is 10.0 Å². The van der Waals surface area contributed by atoms with E-state index in [9.17, 15) is 8.42 Å². The molecule has 0 aliphatic carbocycles. The highest BCUT2D eigenvalue weighted by Crippen LogP contribution is 2.27. The number of aryl methyl sites for hydroxylation is 1. The van der Waals surface area contributed by atoms with Crippen molar-refractivity contribution in [2.75, 3.05) is 4.72 Å². The zero-order valence-electron chi connectivity index (χ0n) is 9.76. The molecule has 2 rings (SSSR count). The monoisotopic (exact) mass is 317 g/mol. The Bertz CT molecular complexity index is 720. The van der Waals surface area contributed by atoms with E-state index in [4.69, 9.17) is 23.2 Å². The van der Waals surface area contributed by atoms with Crippen LogP contribution in [-0.4, -0.2) is 18.4 Å². The molecule has 0 aliphatic heterocycles. The maximum atomic E-state index is 12.1. The number of aromatic nitrogens is 2. The van der Waals surface area contributed by atoms with Crippen molar-refractivity contribution in [3.8, 4) is 0 Å². The summed E-state index contributed by atoms with van der Waals surface area (Å²) in [5.74, 6) is -0.0526. The number of nitrogens with one attached hydrogen (secondary N) is 1. The quantitative estimate of drug-likeness (QED) is 0.883. The lowest BCUT2D eigenvalue weighted by atomic mass is 10.2. The van der Waals surface area contributed by atoms with Gasteiger partial charge in [-0.2, -0.15) is 0 Å². The van der Waals surface area contributed by atoms with Gasteiger partial charge in [-0.3, -0.25) is 4.72 Å². The highest BCUT2D eigenvalue weighted by atomic mass is 35.5. The zero-order valence-corrected chi connectivity index (χ0v) is 12.1. The predicted molar refractivity (Wildman–Crippen MR) is 74.0 cm³/mol. The third-order valence-corrected chi connectivity index (χ3v) is 4.36. The van der Waals surface area contributed by atoms with Gasteiger partial charge in [-0.15, -0.1) is 0 Å². The van der Waals surface area contributed by atoms with Crippen LogP contribution in [0.3, 0.4) is 0 Å². The molecule has 0 fully saturated rings. The van der Waals surface area contributed by atoms with E-state index in [1.807, 2.05) is 0 Å². The first-order chi connectivity index (χ1) is 8.90. The lowest BCUT2D eigenvalue weighted by Crippen LogP contribution is -2.14. The zero-order chi connectivity index (χ0) is 14.0. The first-order valence-corrected chi connectivity index (χ1v) is 7.39. The highest BCUT2D eigenvalue weighted by Gasteiger charge is 2.18. The van der Waals surface area contributed by atoms with Gasteiger partial charge in [0.15, 0.2) is 11.0 Å². The van der Waals surface area contributed by atoms with E-state index in [2.05, 4.69) is 14.7 Å². The third-order valence-electron chi connectivity index (χ3n) is 2.28. The van der Waals surface area contributed by atoms with Gasteiger partial charge in [0.2, 0.25) is 0 Å². The van der Waals surface area contributed by atoms with Crippen LogP contribution in [0, 0.1) is 6.92 Å². The van der Waals surface area contributed by atoms with Gasteiger partial charge in [-0.1, -0.05) is 35.3 Å². The predicted octanol–water partition coefficient (Wildman–Crippen LogP) is 2.89. The van der Waals surface area contributed by atoms with Crippen LogP contribution < -0.4 is 4.72 Å². The van der Waals surface area contributed by atoms with E-state index in [1.165, 1.54) is 6.07 Å². The van der Waals surface area contributed by atoms with Gasteiger partial charge in [0.25, 0.3) is 10.0 Å². The fourth-order valence-electron chi connectivity index (χ4n) is 1.39. The summed E-state index contributed by atoms with van der Waals surface area (Å²) in [7, 11) is -3.76. The molecule has 0 bridgehead atoms. The lowest BCUT2D eigenvalue weighted by Gasteiger charge is -2.09. The van der Waals surface area contributed by atoms with E-state index in [-0.39, 0.29) is 20.9 Å². The Labute approximate surface area is 120 Å². The molecule has 0 spiro atoms. The van der Waals surface area contributed by atoms with Crippen molar-refractivity contribution in [3.63, 3.8) is 0 Å². The first kappa shape index (κ1) is 14.0. The Morgan fingerprint density at radius 3 is 2.63 bits per heavy atom. The molecular formula is C11H9Cl2N3O2S. The molecule has 0 radical (unpaired) electrons. The van der Waals surface area contributed by atoms with Crippen LogP contribution in [0.1, 0.15) is 5.56 Å². The number of anilines is 1. The third kappa shape index (κ3) is 3.15. The molecule has 100 valence electrons. The van der Waals surface area contributed by atoms with Crippen LogP contribution in [0.25, 0.3) is 0 Å². The Morgan fingerprint density at radius 2 is 1.95 bits per heavy atom. The van der Waals surface area contributed by atoms with E-state index in [0.29, 0.717) is 0 Å². The molecule has 19 heavy (non-hydrogen) atoms. The average Bonchev–Trinajstić information content (AvgIpc) is 2.35. The molecule has 1 N–H and O–H groups in total. The minimum absolute atomic E-state index is 0.0152. The van der Waals surface area contributed by atoms with Crippen molar-refractivity contribution in [2.45, 2.75) is 11.8 Å². The van der Waals surface area contributed by atoms with Crippen LogP contribution in [0.15, 0.2) is 35.5 Å². The Hall–Kier alpha value is -1.37. The molecule has 1 heterocycles. The molecule has 0 amide bonds. The molecule has 0 atom stereocenters. The fraction of sp³-hybridized carbons (Fsp3) is 0.0909. The second kappa shape index (κ2) is 5.32. The largest absolute Gasteiger partial charge is 0.263 e. The van der Waals surface area contributed by atoms with Crippen molar-refractivity contribution in [2.24, 2.45) is 0 Å². The summed E-state index contributed by atoms with van der Waals surface area (Å²) in [5.41, 5.74) is 0.828. The Balaban J connectivity index is 2.39. The summed E-state index contributed by atoms with van der Waals surface area (Å²) in [6.45, 7) is 1.80. The molecule has 5 nitrogen and oxygen atoms in total. The van der Waals surface area contributed by atoms with E-state index >= 15 is 0 Å². The SMILES string of the molecule is Cc1cccc(S(=O)(=O)Nc2ncnc(Cl)c2Cl)c1. The van der Waals surface area contributed by atoms with Crippen molar-refractivity contribution in [1.29, 1.82) is 0 Å².